The minimum absolute atomic E-state index is 0.402. The predicted molar refractivity (Wildman–Crippen MR) is 155 cm³/mol. The van der Waals surface area contributed by atoms with Crippen LogP contribution in [-0.4, -0.2) is 35.5 Å². The van der Waals surface area contributed by atoms with Crippen LogP contribution in [0.1, 0.15) is 135 Å². The number of carbonyl (C=O) groups excluding carboxylic acids is 1. The Balaban J connectivity index is 2.24. The molecule has 206 valence electrons. The van der Waals surface area contributed by atoms with Crippen LogP contribution in [0.4, 0.5) is 0 Å². The summed E-state index contributed by atoms with van der Waals surface area (Å²) in [5.41, 5.74) is 1.98. The average molecular weight is 501 g/mol. The van der Waals surface area contributed by atoms with Crippen LogP contribution >= 0.6 is 0 Å². The maximum absolute atomic E-state index is 12.0. The van der Waals surface area contributed by atoms with Gasteiger partial charge in [-0.2, -0.15) is 0 Å². The number of likely N-dealkylation sites (N-methyl/N-ethyl adjacent to an activating group) is 1. The maximum atomic E-state index is 12.0. The molecule has 0 bridgehead atoms. The fourth-order valence-corrected chi connectivity index (χ4v) is 4.84. The van der Waals surface area contributed by atoms with Crippen molar-refractivity contribution in [3.8, 4) is 5.75 Å². The molecular weight excluding hydrogens is 444 g/mol. The molecule has 4 nitrogen and oxygen atoms in total. The molecular formula is C32H56N2O2. The van der Waals surface area contributed by atoms with E-state index in [9.17, 15) is 4.79 Å². The van der Waals surface area contributed by atoms with Crippen molar-refractivity contribution >= 4 is 5.97 Å². The molecule has 0 aliphatic heterocycles. The van der Waals surface area contributed by atoms with E-state index in [1.165, 1.54) is 102 Å². The molecule has 1 aromatic heterocycles. The average Bonchev–Trinajstić information content (AvgIpc) is 2.90. The van der Waals surface area contributed by atoms with Crippen LogP contribution in [0.2, 0.25) is 0 Å². The van der Waals surface area contributed by atoms with Crippen LogP contribution in [0.5, 0.6) is 5.75 Å². The van der Waals surface area contributed by atoms with Crippen molar-refractivity contribution < 1.29 is 9.53 Å². The summed E-state index contributed by atoms with van der Waals surface area (Å²) in [7, 11) is 0. The summed E-state index contributed by atoms with van der Waals surface area (Å²) in [5.74, 6) is 0.260. The number of hydrogen-bond donors (Lipinski definition) is 0. The van der Waals surface area contributed by atoms with Crippen molar-refractivity contribution in [1.82, 2.24) is 9.88 Å². The number of esters is 1. The zero-order chi connectivity index (χ0) is 26.3. The van der Waals surface area contributed by atoms with Gasteiger partial charge in [0.15, 0.2) is 5.75 Å². The number of unbranched alkanes of at least 4 members (excludes halogenated alkanes) is 15. The van der Waals surface area contributed by atoms with Crippen molar-refractivity contribution in [3.05, 3.63) is 36.2 Å². The Bertz CT molecular complexity index is 685. The van der Waals surface area contributed by atoms with Gasteiger partial charge in [0.25, 0.3) is 0 Å². The normalized spacial score (nSPS) is 11.2. The van der Waals surface area contributed by atoms with E-state index in [2.05, 4.69) is 37.2 Å². The summed E-state index contributed by atoms with van der Waals surface area (Å²) in [6, 6.07) is 1.99. The van der Waals surface area contributed by atoms with E-state index in [-0.39, 0.29) is 0 Å². The molecule has 0 radical (unpaired) electrons. The first kappa shape index (κ1) is 32.3. The second-order valence-corrected chi connectivity index (χ2v) is 10.2. The molecule has 0 amide bonds. The molecule has 0 N–H and O–H groups in total. The second kappa shape index (κ2) is 22.5. The first-order valence-corrected chi connectivity index (χ1v) is 15.2. The predicted octanol–water partition coefficient (Wildman–Crippen LogP) is 8.86. The van der Waals surface area contributed by atoms with Gasteiger partial charge in [0.05, 0.1) is 5.69 Å². The van der Waals surface area contributed by atoms with E-state index in [1.54, 1.807) is 0 Å². The molecule has 36 heavy (non-hydrogen) atoms. The van der Waals surface area contributed by atoms with Crippen LogP contribution in [-0.2, 0) is 17.6 Å². The zero-order valence-electron chi connectivity index (χ0n) is 24.0. The molecule has 0 fully saturated rings. The molecule has 0 saturated heterocycles. The Morgan fingerprint density at radius 2 is 1.31 bits per heavy atom. The lowest BCUT2D eigenvalue weighted by Crippen LogP contribution is -2.25. The largest absolute Gasteiger partial charge is 0.421 e. The molecule has 0 unspecified atom stereocenters. The van der Waals surface area contributed by atoms with E-state index < -0.39 is 5.97 Å². The minimum atomic E-state index is -0.402. The van der Waals surface area contributed by atoms with Crippen molar-refractivity contribution in [2.45, 2.75) is 136 Å². The van der Waals surface area contributed by atoms with Gasteiger partial charge < -0.3 is 9.64 Å². The third-order valence-corrected chi connectivity index (χ3v) is 7.29. The number of aryl methyl sites for hydroxylation is 1. The molecule has 1 aromatic rings. The quantitative estimate of drug-likeness (QED) is 0.0807. The summed E-state index contributed by atoms with van der Waals surface area (Å²) in [4.78, 5) is 18.9. The number of nitrogens with zero attached hydrogens (tertiary/aromatic N) is 2. The fourth-order valence-electron chi connectivity index (χ4n) is 4.84. The number of aromatic nitrogens is 1. The molecule has 0 saturated carbocycles. The van der Waals surface area contributed by atoms with E-state index in [0.717, 1.165) is 50.2 Å². The van der Waals surface area contributed by atoms with Crippen molar-refractivity contribution in [2.24, 2.45) is 0 Å². The Hall–Kier alpha value is -1.68. The van der Waals surface area contributed by atoms with Crippen LogP contribution in [0, 0.1) is 0 Å². The van der Waals surface area contributed by atoms with Gasteiger partial charge in [0.2, 0.25) is 0 Å². The van der Waals surface area contributed by atoms with Gasteiger partial charge in [-0.25, -0.2) is 4.79 Å². The van der Waals surface area contributed by atoms with Crippen LogP contribution in [0.3, 0.4) is 0 Å². The lowest BCUT2D eigenvalue weighted by Gasteiger charge is -2.19. The summed E-state index contributed by atoms with van der Waals surface area (Å²) in [5, 5.41) is 0. The van der Waals surface area contributed by atoms with Gasteiger partial charge in [0, 0.05) is 18.8 Å². The molecule has 4 heteroatoms. The molecule has 0 atom stereocenters. The fraction of sp³-hybridized carbons (Fsp3) is 0.750. The first-order valence-electron chi connectivity index (χ1n) is 15.2. The third-order valence-electron chi connectivity index (χ3n) is 7.29. The highest BCUT2D eigenvalue weighted by molar-refractivity contribution is 5.83. The second-order valence-electron chi connectivity index (χ2n) is 10.2. The summed E-state index contributed by atoms with van der Waals surface area (Å²) >= 11 is 0. The molecule has 1 heterocycles. The monoisotopic (exact) mass is 500 g/mol. The van der Waals surface area contributed by atoms with Crippen molar-refractivity contribution in [2.75, 3.05) is 19.6 Å². The van der Waals surface area contributed by atoms with E-state index in [0.29, 0.717) is 5.75 Å². The molecule has 0 aromatic carbocycles. The lowest BCUT2D eigenvalue weighted by atomic mass is 10.0. The highest BCUT2D eigenvalue weighted by Crippen LogP contribution is 2.25. The van der Waals surface area contributed by atoms with Gasteiger partial charge in [0.1, 0.15) is 0 Å². The van der Waals surface area contributed by atoms with Crippen LogP contribution < -0.4 is 4.74 Å². The van der Waals surface area contributed by atoms with Crippen molar-refractivity contribution in [3.63, 3.8) is 0 Å². The maximum Gasteiger partial charge on any atom is 0.335 e. The van der Waals surface area contributed by atoms with Gasteiger partial charge in [-0.1, -0.05) is 124 Å². The summed E-state index contributed by atoms with van der Waals surface area (Å²) in [6.45, 7) is 13.2. The van der Waals surface area contributed by atoms with Gasteiger partial charge in [-0.15, -0.1) is 0 Å². The van der Waals surface area contributed by atoms with E-state index >= 15 is 0 Å². The summed E-state index contributed by atoms with van der Waals surface area (Å²) < 4.78 is 5.67. The number of pyridine rings is 1. The smallest absolute Gasteiger partial charge is 0.335 e. The number of carbonyl (C=O) groups is 1. The van der Waals surface area contributed by atoms with Gasteiger partial charge in [-0.05, 0) is 44.0 Å². The standard InChI is InChI=1S/C32H56N2O2/c1-5-9-10-11-12-13-14-15-16-17-18-19-20-21-22-23-24-30-32(36-31(35)6-2)29(25-27-33-30)26-28-34(7-3)8-4/h6,25,27H,2,5,7-24,26,28H2,1,3-4H3. The highest BCUT2D eigenvalue weighted by atomic mass is 16.5. The number of ether oxygens (including phenoxy) is 1. The Morgan fingerprint density at radius 1 is 0.806 bits per heavy atom. The lowest BCUT2D eigenvalue weighted by molar-refractivity contribution is -0.129. The molecule has 0 aliphatic carbocycles. The van der Waals surface area contributed by atoms with Crippen molar-refractivity contribution in [1.29, 1.82) is 0 Å². The molecule has 0 spiro atoms. The van der Waals surface area contributed by atoms with Crippen LogP contribution in [0.25, 0.3) is 0 Å². The molecule has 0 aliphatic rings. The topological polar surface area (TPSA) is 42.4 Å². The molecule has 1 rings (SSSR count). The SMILES string of the molecule is C=CC(=O)Oc1c(CCN(CC)CC)ccnc1CCCCCCCCCCCCCCCCCC. The highest BCUT2D eigenvalue weighted by Gasteiger charge is 2.15. The zero-order valence-corrected chi connectivity index (χ0v) is 24.0. The Labute approximate surface area is 223 Å². The Kier molecular flexibility index (Phi) is 20.2. The van der Waals surface area contributed by atoms with E-state index in [4.69, 9.17) is 4.74 Å². The first-order chi connectivity index (χ1) is 17.7. The Morgan fingerprint density at radius 3 is 1.78 bits per heavy atom. The minimum Gasteiger partial charge on any atom is -0.421 e. The van der Waals surface area contributed by atoms with E-state index in [1.807, 2.05) is 12.3 Å². The van der Waals surface area contributed by atoms with Crippen LogP contribution in [0.15, 0.2) is 24.9 Å². The van der Waals surface area contributed by atoms with Gasteiger partial charge >= 0.3 is 5.97 Å². The number of rotatable bonds is 24. The van der Waals surface area contributed by atoms with Gasteiger partial charge in [-0.3, -0.25) is 4.98 Å². The number of hydrogen-bond acceptors (Lipinski definition) is 4. The summed E-state index contributed by atoms with van der Waals surface area (Å²) in [6.07, 6.45) is 26.6. The third kappa shape index (κ3) is 15.4.